The van der Waals surface area contributed by atoms with E-state index in [9.17, 15) is 55.3 Å². The van der Waals surface area contributed by atoms with Gasteiger partial charge in [0.1, 0.15) is 23.1 Å². The van der Waals surface area contributed by atoms with E-state index in [1.54, 1.807) is 6.07 Å². The molecule has 0 spiro atoms. The zero-order chi connectivity index (χ0) is 42.9. The number of rotatable bonds is 4. The number of aromatic nitrogens is 4. The standard InChI is InChI=1S/C37H4F9N13O/c1-50-16(9-49)35-53-14-5-3-10(12(7-47)27(14)54-35)32-57-33(59-36(58-32)37-56-30-25(45)23(43)24(44)26(46)31(30)60-37)11-4-6-15-29(28(11)51-2)55-34(52-15)13(8-48)17-18(38)20(40)22(42)21(41)19(17)39/h3-6H/b34-13-,35-16+. The van der Waals surface area contributed by atoms with Crippen LogP contribution in [-0.4, -0.2) is 19.9 Å². The Hall–Kier alpha value is -9.14. The second kappa shape index (κ2) is 13.8. The number of benzene rings is 4. The van der Waals surface area contributed by atoms with Gasteiger partial charge in [0.2, 0.25) is 29.0 Å². The first-order valence-corrected chi connectivity index (χ1v) is 15.8. The Balaban J connectivity index is 1.40. The maximum absolute atomic E-state index is 14.8. The van der Waals surface area contributed by atoms with Crippen LogP contribution in [0, 0.1) is 99.5 Å². The number of nitriles is 3. The van der Waals surface area contributed by atoms with Gasteiger partial charge in [0.15, 0.2) is 69.3 Å². The molecule has 0 amide bonds. The molecule has 0 saturated carbocycles. The number of oxazole rings is 1. The summed E-state index contributed by atoms with van der Waals surface area (Å²) in [5.41, 5.74) is -7.02. The minimum atomic E-state index is -2.50. The summed E-state index contributed by atoms with van der Waals surface area (Å²) < 4.78 is 135. The first-order valence-electron chi connectivity index (χ1n) is 15.8. The van der Waals surface area contributed by atoms with Crippen molar-refractivity contribution in [2.75, 3.05) is 0 Å². The third kappa shape index (κ3) is 5.48. The van der Waals surface area contributed by atoms with Crippen molar-refractivity contribution < 1.29 is 43.9 Å². The topological polar surface area (TPSA) is 194 Å². The minimum Gasteiger partial charge on any atom is -0.430 e. The van der Waals surface area contributed by atoms with E-state index in [-0.39, 0.29) is 38.6 Å². The summed E-state index contributed by atoms with van der Waals surface area (Å²) in [4.78, 5) is 39.0. The highest BCUT2D eigenvalue weighted by atomic mass is 19.2. The Kier molecular flexibility index (Phi) is 8.69. The van der Waals surface area contributed by atoms with Gasteiger partial charge >= 0.3 is 5.70 Å². The molecule has 0 aliphatic carbocycles. The summed E-state index contributed by atoms with van der Waals surface area (Å²) in [6.45, 7) is 15.2. The number of nitrogens with zero attached hydrogens (tertiary/aromatic N) is 13. The van der Waals surface area contributed by atoms with Crippen molar-refractivity contribution in [3.05, 3.63) is 149 Å². The number of allylic oxidation sites excluding steroid dienone is 2. The highest BCUT2D eigenvalue weighted by Gasteiger charge is 2.31. The van der Waals surface area contributed by atoms with E-state index in [4.69, 9.17) is 17.6 Å². The van der Waals surface area contributed by atoms with E-state index in [1.165, 1.54) is 18.2 Å². The summed E-state index contributed by atoms with van der Waals surface area (Å²) >= 11 is 0. The Morgan fingerprint density at radius 1 is 0.583 bits per heavy atom. The van der Waals surface area contributed by atoms with E-state index >= 15 is 0 Å². The Labute approximate surface area is 323 Å². The predicted octanol–water partition coefficient (Wildman–Crippen LogP) is 5.70. The second-order valence-electron chi connectivity index (χ2n) is 11.8. The SMILES string of the molecule is [C-]#[N+]/C(C#N)=C1\N=c2ccc(-c3nc(-c4nc5c(F)c(F)c(F)c(F)c5o4)nc(-c4ccc5c(c4[N+]#[C-])=N/C(=C(/C#N)c4c(F)c(F)c(F)c(F)c4F)N=5)n3)c(C#N)c2=N1. The van der Waals surface area contributed by atoms with E-state index in [2.05, 4.69) is 49.6 Å². The van der Waals surface area contributed by atoms with E-state index in [0.29, 0.717) is 0 Å². The van der Waals surface area contributed by atoms with Crippen molar-refractivity contribution in [2.24, 2.45) is 20.0 Å². The molecule has 6 aromatic rings. The van der Waals surface area contributed by atoms with Gasteiger partial charge in [-0.2, -0.15) is 14.9 Å². The minimum absolute atomic E-state index is 0.0379. The van der Waals surface area contributed by atoms with Gasteiger partial charge in [-0.15, -0.1) is 0 Å². The van der Waals surface area contributed by atoms with Crippen LogP contribution in [0.4, 0.5) is 45.2 Å². The normalized spacial score (nSPS) is 13.9. The van der Waals surface area contributed by atoms with Gasteiger partial charge in [-0.1, -0.05) is 6.07 Å². The predicted molar refractivity (Wildman–Crippen MR) is 177 cm³/mol. The van der Waals surface area contributed by atoms with Gasteiger partial charge < -0.3 is 4.42 Å². The second-order valence-corrected chi connectivity index (χ2v) is 11.8. The van der Waals surface area contributed by atoms with Crippen molar-refractivity contribution in [2.45, 2.75) is 0 Å². The van der Waals surface area contributed by atoms with Crippen molar-refractivity contribution in [3.63, 3.8) is 0 Å². The molecule has 0 saturated heterocycles. The van der Waals surface area contributed by atoms with Crippen LogP contribution in [0.25, 0.3) is 60.9 Å². The zero-order valence-electron chi connectivity index (χ0n) is 28.4. The molecule has 2 aliphatic heterocycles. The van der Waals surface area contributed by atoms with Crippen molar-refractivity contribution in [1.29, 1.82) is 15.8 Å². The molecule has 0 atom stereocenters. The molecule has 0 unspecified atom stereocenters. The van der Waals surface area contributed by atoms with Gasteiger partial charge in [-0.3, -0.25) is 0 Å². The number of fused-ring (bicyclic) bond motifs is 3. The lowest BCUT2D eigenvalue weighted by molar-refractivity contribution is 0.376. The summed E-state index contributed by atoms with van der Waals surface area (Å²) in [5.74, 6) is -24.2. The smallest absolute Gasteiger partial charge is 0.305 e. The summed E-state index contributed by atoms with van der Waals surface area (Å²) in [7, 11) is 0. The summed E-state index contributed by atoms with van der Waals surface area (Å²) in [6, 6.07) is 9.60. The molecule has 2 aliphatic rings. The fourth-order valence-electron chi connectivity index (χ4n) is 5.84. The lowest BCUT2D eigenvalue weighted by atomic mass is 10.0. The third-order valence-corrected chi connectivity index (χ3v) is 8.54. The molecule has 0 N–H and O–H groups in total. The fourth-order valence-corrected chi connectivity index (χ4v) is 5.84. The van der Waals surface area contributed by atoms with Crippen molar-refractivity contribution >= 4 is 22.4 Å². The van der Waals surface area contributed by atoms with Gasteiger partial charge in [0, 0.05) is 11.1 Å². The van der Waals surface area contributed by atoms with Crippen LogP contribution in [0.1, 0.15) is 11.1 Å². The molecular formula is C37H4F9N13O. The van der Waals surface area contributed by atoms with E-state index in [1.807, 2.05) is 6.07 Å². The monoisotopic (exact) mass is 817 g/mol. The maximum atomic E-state index is 14.8. The summed E-state index contributed by atoms with van der Waals surface area (Å²) in [6.07, 6.45) is 0. The van der Waals surface area contributed by atoms with Crippen LogP contribution < -0.4 is 21.4 Å². The lowest BCUT2D eigenvalue weighted by Gasteiger charge is -2.08. The van der Waals surface area contributed by atoms with E-state index < -0.39 is 121 Å². The number of hydrogen-bond acceptors (Lipinski definition) is 12. The molecule has 0 radical (unpaired) electrons. The largest absolute Gasteiger partial charge is 0.430 e. The van der Waals surface area contributed by atoms with Gasteiger partial charge in [-0.05, 0) is 18.2 Å². The highest BCUT2D eigenvalue weighted by Crippen LogP contribution is 2.35. The Bertz CT molecular complexity index is 3530. The Morgan fingerprint density at radius 3 is 1.75 bits per heavy atom. The maximum Gasteiger partial charge on any atom is 0.305 e. The molecule has 4 heterocycles. The molecule has 23 heteroatoms. The number of hydrogen-bond donors (Lipinski definition) is 0. The summed E-state index contributed by atoms with van der Waals surface area (Å²) in [5, 5.41) is 28.6. The van der Waals surface area contributed by atoms with Gasteiger partial charge in [0.25, 0.3) is 5.89 Å². The first-order chi connectivity index (χ1) is 28.8. The van der Waals surface area contributed by atoms with Crippen molar-refractivity contribution in [3.8, 4) is 52.7 Å². The molecule has 14 nitrogen and oxygen atoms in total. The van der Waals surface area contributed by atoms with Crippen molar-refractivity contribution in [1.82, 2.24) is 19.9 Å². The molecule has 4 aromatic carbocycles. The zero-order valence-corrected chi connectivity index (χ0v) is 28.4. The molecule has 0 bridgehead atoms. The van der Waals surface area contributed by atoms with Crippen LogP contribution in [-0.2, 0) is 0 Å². The molecule has 286 valence electrons. The van der Waals surface area contributed by atoms with Crippen LogP contribution in [0.5, 0.6) is 0 Å². The van der Waals surface area contributed by atoms with Crippen LogP contribution in [0.15, 0.2) is 66.0 Å². The third-order valence-electron chi connectivity index (χ3n) is 8.54. The highest BCUT2D eigenvalue weighted by molar-refractivity contribution is 5.82. The molecule has 60 heavy (non-hydrogen) atoms. The lowest BCUT2D eigenvalue weighted by Crippen LogP contribution is -2.26. The molecule has 2 aromatic heterocycles. The van der Waals surface area contributed by atoms with E-state index in [0.717, 1.165) is 12.1 Å². The van der Waals surface area contributed by atoms with Crippen LogP contribution in [0.2, 0.25) is 0 Å². The first kappa shape index (κ1) is 37.8. The number of halogens is 9. The van der Waals surface area contributed by atoms with Gasteiger partial charge in [0.05, 0.1) is 46.4 Å². The fraction of sp³-hybridized carbons (Fsp3) is 0. The average molecular weight is 818 g/mol. The average Bonchev–Trinajstić information content (AvgIpc) is 4.02. The Morgan fingerprint density at radius 2 is 1.13 bits per heavy atom. The van der Waals surface area contributed by atoms with Crippen LogP contribution in [0.3, 0.4) is 0 Å². The van der Waals surface area contributed by atoms with Crippen LogP contribution >= 0.6 is 0 Å². The quantitative estimate of drug-likeness (QED) is 0.0711. The molecule has 0 fully saturated rings. The molecule has 8 rings (SSSR count). The van der Waals surface area contributed by atoms with Gasteiger partial charge in [-0.25, -0.2) is 90.0 Å². The molecular weight excluding hydrogens is 813 g/mol.